The lowest BCUT2D eigenvalue weighted by Gasteiger charge is -2.00. The van der Waals surface area contributed by atoms with Gasteiger partial charge in [0.25, 0.3) is 0 Å². The van der Waals surface area contributed by atoms with E-state index in [1.165, 1.54) is 6.08 Å². The molecule has 0 saturated heterocycles. The van der Waals surface area contributed by atoms with Gasteiger partial charge in [0.15, 0.2) is 4.74 Å². The Hall–Kier alpha value is -0.670. The number of ether oxygens (including phenoxy) is 1. The van der Waals surface area contributed by atoms with Gasteiger partial charge in [-0.25, -0.2) is 0 Å². The van der Waals surface area contributed by atoms with Crippen LogP contribution < -0.4 is 0 Å². The minimum absolute atomic E-state index is 0.284. The molecule has 1 rings (SSSR count). The molecular weight excluding hydrogens is 235 g/mol. The Morgan fingerprint density at radius 1 is 1.38 bits per heavy atom. The highest BCUT2D eigenvalue weighted by Gasteiger charge is 1.90. The topological polar surface area (TPSA) is 9.23 Å². The molecule has 0 aliphatic rings. The van der Waals surface area contributed by atoms with E-state index in [1.54, 1.807) is 0 Å². The smallest absolute Gasteiger partial charge is 0.164 e. The maximum absolute atomic E-state index is 12.1. The van der Waals surface area contributed by atoms with Gasteiger partial charge >= 0.3 is 0 Å². The Kier molecular flexibility index (Phi) is 4.72. The van der Waals surface area contributed by atoms with Crippen LogP contribution in [0.25, 0.3) is 0 Å². The van der Waals surface area contributed by atoms with Crippen molar-refractivity contribution in [3.63, 3.8) is 0 Å². The van der Waals surface area contributed by atoms with Gasteiger partial charge in [0.05, 0.1) is 13.2 Å². The SMILES string of the molecule is F/C(Br)=C\COCc1ccccc1. The van der Waals surface area contributed by atoms with Crippen LogP contribution in [0.5, 0.6) is 0 Å². The lowest BCUT2D eigenvalue weighted by molar-refractivity contribution is 0.148. The first-order valence-corrected chi connectivity index (χ1v) is 4.71. The molecule has 0 radical (unpaired) electrons. The molecule has 0 fully saturated rings. The highest BCUT2D eigenvalue weighted by Crippen LogP contribution is 2.05. The van der Waals surface area contributed by atoms with Crippen molar-refractivity contribution in [2.45, 2.75) is 6.61 Å². The van der Waals surface area contributed by atoms with E-state index >= 15 is 0 Å². The van der Waals surface area contributed by atoms with Gasteiger partial charge in [-0.3, -0.25) is 0 Å². The average molecular weight is 245 g/mol. The highest BCUT2D eigenvalue weighted by molar-refractivity contribution is 9.11. The molecular formula is C10H10BrFO. The van der Waals surface area contributed by atoms with Gasteiger partial charge in [-0.2, -0.15) is 4.39 Å². The van der Waals surface area contributed by atoms with Crippen LogP contribution in [0.3, 0.4) is 0 Å². The lowest BCUT2D eigenvalue weighted by Crippen LogP contribution is -1.92. The third kappa shape index (κ3) is 4.80. The summed E-state index contributed by atoms with van der Waals surface area (Å²) in [5.41, 5.74) is 1.09. The van der Waals surface area contributed by atoms with Crippen molar-refractivity contribution in [2.24, 2.45) is 0 Å². The van der Waals surface area contributed by atoms with Crippen LogP contribution in [0.1, 0.15) is 5.56 Å². The molecule has 1 aromatic rings. The summed E-state index contributed by atoms with van der Waals surface area (Å²) < 4.78 is 16.9. The van der Waals surface area contributed by atoms with Crippen LogP contribution in [-0.2, 0) is 11.3 Å². The molecule has 1 aromatic carbocycles. The Morgan fingerprint density at radius 2 is 2.08 bits per heavy atom. The normalized spacial score (nSPS) is 11.7. The Bertz CT molecular complexity index is 268. The van der Waals surface area contributed by atoms with Crippen molar-refractivity contribution in [1.82, 2.24) is 0 Å². The van der Waals surface area contributed by atoms with Crippen molar-refractivity contribution in [3.8, 4) is 0 Å². The maximum atomic E-state index is 12.1. The fraction of sp³-hybridized carbons (Fsp3) is 0.200. The fourth-order valence-corrected chi connectivity index (χ4v) is 1.01. The van der Waals surface area contributed by atoms with Crippen LogP contribution in [0, 0.1) is 0 Å². The molecule has 0 N–H and O–H groups in total. The van der Waals surface area contributed by atoms with E-state index in [0.717, 1.165) is 5.56 Å². The predicted octanol–water partition coefficient (Wildman–Crippen LogP) is 3.41. The molecule has 0 atom stereocenters. The number of hydrogen-bond acceptors (Lipinski definition) is 1. The average Bonchev–Trinajstić information content (AvgIpc) is 2.14. The van der Waals surface area contributed by atoms with Crippen LogP contribution in [0.2, 0.25) is 0 Å². The number of benzene rings is 1. The fourth-order valence-electron chi connectivity index (χ4n) is 0.873. The van der Waals surface area contributed by atoms with Crippen molar-refractivity contribution in [3.05, 3.63) is 46.7 Å². The molecule has 0 aromatic heterocycles. The molecule has 13 heavy (non-hydrogen) atoms. The first kappa shape index (κ1) is 10.4. The molecule has 0 aliphatic carbocycles. The van der Waals surface area contributed by atoms with Gasteiger partial charge in [-0.1, -0.05) is 30.3 Å². The summed E-state index contributed by atoms with van der Waals surface area (Å²) in [5, 5.41) is 0. The quantitative estimate of drug-likeness (QED) is 0.738. The van der Waals surface area contributed by atoms with Crippen molar-refractivity contribution >= 4 is 15.9 Å². The van der Waals surface area contributed by atoms with E-state index < -0.39 is 0 Å². The first-order chi connectivity index (χ1) is 6.29. The van der Waals surface area contributed by atoms with Crippen LogP contribution in [-0.4, -0.2) is 6.61 Å². The van der Waals surface area contributed by atoms with Gasteiger partial charge in [-0.05, 0) is 27.6 Å². The Balaban J connectivity index is 2.25. The second-order valence-electron chi connectivity index (χ2n) is 2.49. The zero-order valence-corrected chi connectivity index (χ0v) is 8.63. The van der Waals surface area contributed by atoms with E-state index in [4.69, 9.17) is 4.74 Å². The molecule has 0 bridgehead atoms. The van der Waals surface area contributed by atoms with Gasteiger partial charge in [0, 0.05) is 0 Å². The summed E-state index contributed by atoms with van der Waals surface area (Å²) in [7, 11) is 0. The molecule has 0 amide bonds. The molecule has 0 unspecified atom stereocenters. The van der Waals surface area contributed by atoms with E-state index in [1.807, 2.05) is 30.3 Å². The van der Waals surface area contributed by atoms with Crippen LogP contribution >= 0.6 is 15.9 Å². The molecule has 70 valence electrons. The third-order valence-electron chi connectivity index (χ3n) is 1.47. The zero-order valence-electron chi connectivity index (χ0n) is 7.04. The molecule has 0 aliphatic heterocycles. The highest BCUT2D eigenvalue weighted by atomic mass is 79.9. The Morgan fingerprint density at radius 3 is 2.69 bits per heavy atom. The maximum Gasteiger partial charge on any atom is 0.164 e. The van der Waals surface area contributed by atoms with E-state index in [-0.39, 0.29) is 11.3 Å². The van der Waals surface area contributed by atoms with E-state index in [0.29, 0.717) is 6.61 Å². The van der Waals surface area contributed by atoms with Crippen LogP contribution in [0.4, 0.5) is 4.39 Å². The Labute approximate surface area is 85.3 Å². The summed E-state index contributed by atoms with van der Waals surface area (Å²) in [5.74, 6) is 0. The van der Waals surface area contributed by atoms with E-state index in [9.17, 15) is 4.39 Å². The summed E-state index contributed by atoms with van der Waals surface area (Å²) in [4.78, 5) is 0. The lowest BCUT2D eigenvalue weighted by atomic mass is 10.2. The van der Waals surface area contributed by atoms with Crippen molar-refractivity contribution < 1.29 is 9.13 Å². The minimum atomic E-state index is -0.388. The molecule has 0 spiro atoms. The number of halogens is 2. The number of hydrogen-bond donors (Lipinski definition) is 0. The van der Waals surface area contributed by atoms with Gasteiger partial charge in [0.2, 0.25) is 0 Å². The van der Waals surface area contributed by atoms with Crippen LogP contribution in [0.15, 0.2) is 41.1 Å². The molecule has 0 saturated carbocycles. The monoisotopic (exact) mass is 244 g/mol. The van der Waals surface area contributed by atoms with Crippen molar-refractivity contribution in [1.29, 1.82) is 0 Å². The number of rotatable bonds is 4. The third-order valence-corrected chi connectivity index (χ3v) is 1.79. The van der Waals surface area contributed by atoms with Gasteiger partial charge < -0.3 is 4.74 Å². The van der Waals surface area contributed by atoms with E-state index in [2.05, 4.69) is 15.9 Å². The summed E-state index contributed by atoms with van der Waals surface area (Å²) in [6, 6.07) is 9.77. The molecule has 0 heterocycles. The summed E-state index contributed by atoms with van der Waals surface area (Å²) in [6.07, 6.45) is 1.34. The minimum Gasteiger partial charge on any atom is -0.373 e. The zero-order chi connectivity index (χ0) is 9.52. The second kappa shape index (κ2) is 5.89. The van der Waals surface area contributed by atoms with Gasteiger partial charge in [-0.15, -0.1) is 0 Å². The largest absolute Gasteiger partial charge is 0.373 e. The first-order valence-electron chi connectivity index (χ1n) is 3.92. The second-order valence-corrected chi connectivity index (χ2v) is 3.25. The van der Waals surface area contributed by atoms with Gasteiger partial charge in [0.1, 0.15) is 0 Å². The predicted molar refractivity (Wildman–Crippen MR) is 54.2 cm³/mol. The van der Waals surface area contributed by atoms with Crippen molar-refractivity contribution in [2.75, 3.05) is 6.61 Å². The summed E-state index contributed by atoms with van der Waals surface area (Å²) >= 11 is 2.68. The molecule has 3 heteroatoms. The summed E-state index contributed by atoms with van der Waals surface area (Å²) in [6.45, 7) is 0.795. The molecule has 1 nitrogen and oxygen atoms in total. The standard InChI is InChI=1S/C10H10BrFO/c11-10(12)6-7-13-8-9-4-2-1-3-5-9/h1-6H,7-8H2/b10-6-.